The van der Waals surface area contributed by atoms with Gasteiger partial charge in [-0.25, -0.2) is 0 Å². The fraction of sp³-hybridized carbons (Fsp3) is 0. The lowest BCUT2D eigenvalue weighted by Crippen LogP contribution is -2.25. The van der Waals surface area contributed by atoms with Crippen molar-refractivity contribution >= 4 is 23.1 Å². The summed E-state index contributed by atoms with van der Waals surface area (Å²) in [5, 5.41) is 11.8. The molecule has 0 bridgehead atoms. The molecule has 0 atom stereocenters. The van der Waals surface area contributed by atoms with Crippen LogP contribution in [-0.4, -0.2) is 5.11 Å². The van der Waals surface area contributed by atoms with Crippen LogP contribution >= 0.6 is 7.14 Å². The van der Waals surface area contributed by atoms with Crippen molar-refractivity contribution in [2.75, 3.05) is 0 Å². The van der Waals surface area contributed by atoms with Gasteiger partial charge < -0.3 is 14.5 Å². The molecule has 3 N–H and O–H groups in total. The summed E-state index contributed by atoms with van der Waals surface area (Å²) in [6.45, 7) is 0. The van der Waals surface area contributed by atoms with Gasteiger partial charge in [0.1, 0.15) is 5.75 Å². The van der Waals surface area contributed by atoms with Gasteiger partial charge in [0, 0.05) is 22.0 Å². The van der Waals surface area contributed by atoms with Gasteiger partial charge in [0.15, 0.2) is 12.9 Å². The fourth-order valence-corrected chi connectivity index (χ4v) is 5.24. The van der Waals surface area contributed by atoms with Crippen molar-refractivity contribution in [1.82, 2.24) is 0 Å². The summed E-state index contributed by atoms with van der Waals surface area (Å²) in [5.41, 5.74) is 0. The summed E-state index contributed by atoms with van der Waals surface area (Å²) in [7, 11) is -3.14. The quantitative estimate of drug-likeness (QED) is 0.570. The number of rotatable bonds is 4. The Labute approximate surface area is 134 Å². The van der Waals surface area contributed by atoms with E-state index in [0.29, 0.717) is 15.9 Å². The van der Waals surface area contributed by atoms with Crippen LogP contribution in [0.1, 0.15) is 0 Å². The first-order valence-electron chi connectivity index (χ1n) is 7.07. The van der Waals surface area contributed by atoms with Gasteiger partial charge in [-0.2, -0.15) is 5.90 Å². The Kier molecular flexibility index (Phi) is 4.20. The SMILES string of the molecule is NOc1cc(O)cc(P(=O)(c2ccccc2)c2ccccc2)c1. The molecule has 0 aliphatic heterocycles. The lowest BCUT2D eigenvalue weighted by molar-refractivity contribution is 0.332. The number of benzene rings is 3. The van der Waals surface area contributed by atoms with E-state index < -0.39 is 7.14 Å². The third kappa shape index (κ3) is 2.87. The summed E-state index contributed by atoms with van der Waals surface area (Å²) in [6, 6.07) is 22.9. The Morgan fingerprint density at radius 2 is 1.30 bits per heavy atom. The van der Waals surface area contributed by atoms with Crippen LogP contribution in [0.3, 0.4) is 0 Å². The largest absolute Gasteiger partial charge is 0.508 e. The van der Waals surface area contributed by atoms with E-state index in [-0.39, 0.29) is 11.5 Å². The van der Waals surface area contributed by atoms with Gasteiger partial charge in [0.05, 0.1) is 0 Å². The highest BCUT2D eigenvalue weighted by Crippen LogP contribution is 2.43. The minimum Gasteiger partial charge on any atom is -0.508 e. The average molecular weight is 325 g/mol. The molecule has 0 aliphatic carbocycles. The van der Waals surface area contributed by atoms with E-state index in [0.717, 1.165) is 0 Å². The van der Waals surface area contributed by atoms with Gasteiger partial charge in [-0.05, 0) is 12.1 Å². The van der Waals surface area contributed by atoms with Crippen molar-refractivity contribution in [3.63, 3.8) is 0 Å². The molecule has 3 aromatic carbocycles. The molecule has 0 saturated heterocycles. The van der Waals surface area contributed by atoms with E-state index >= 15 is 0 Å². The second-order valence-electron chi connectivity index (χ2n) is 5.08. The first-order valence-corrected chi connectivity index (χ1v) is 8.78. The highest BCUT2D eigenvalue weighted by Gasteiger charge is 2.30. The van der Waals surface area contributed by atoms with Crippen LogP contribution < -0.4 is 26.6 Å². The Balaban J connectivity index is 2.30. The zero-order valence-corrected chi connectivity index (χ0v) is 13.2. The predicted octanol–water partition coefficient (Wildman–Crippen LogP) is 2.28. The lowest BCUT2D eigenvalue weighted by atomic mass is 10.3. The number of hydrogen-bond acceptors (Lipinski definition) is 4. The third-order valence-corrected chi connectivity index (χ3v) is 6.65. The molecule has 0 aliphatic rings. The van der Waals surface area contributed by atoms with E-state index in [1.54, 1.807) is 6.07 Å². The zero-order chi connectivity index (χ0) is 16.3. The summed E-state index contributed by atoms with van der Waals surface area (Å²) in [4.78, 5) is 4.72. The van der Waals surface area contributed by atoms with Crippen molar-refractivity contribution in [2.45, 2.75) is 0 Å². The average Bonchev–Trinajstić information content (AvgIpc) is 2.62. The molecular weight excluding hydrogens is 309 g/mol. The molecular formula is C18H16NO3P. The van der Waals surface area contributed by atoms with Crippen LogP contribution in [0.2, 0.25) is 0 Å². The maximum absolute atomic E-state index is 14.0. The molecule has 0 aromatic heterocycles. The second-order valence-corrected chi connectivity index (χ2v) is 7.85. The number of hydrogen-bond donors (Lipinski definition) is 2. The summed E-state index contributed by atoms with van der Waals surface area (Å²) >= 11 is 0. The zero-order valence-electron chi connectivity index (χ0n) is 12.3. The van der Waals surface area contributed by atoms with Crippen LogP contribution in [0.25, 0.3) is 0 Å². The Morgan fingerprint density at radius 3 is 1.78 bits per heavy atom. The molecule has 23 heavy (non-hydrogen) atoms. The van der Waals surface area contributed by atoms with E-state index in [4.69, 9.17) is 10.7 Å². The lowest BCUT2D eigenvalue weighted by Gasteiger charge is -2.20. The van der Waals surface area contributed by atoms with Crippen molar-refractivity contribution < 1.29 is 14.5 Å². The molecule has 0 heterocycles. The first kappa shape index (κ1) is 15.3. The van der Waals surface area contributed by atoms with Crippen molar-refractivity contribution in [3.05, 3.63) is 78.9 Å². The number of aromatic hydroxyl groups is 1. The van der Waals surface area contributed by atoms with Gasteiger partial charge in [-0.1, -0.05) is 60.7 Å². The minimum atomic E-state index is -3.14. The second kappa shape index (κ2) is 6.29. The Morgan fingerprint density at radius 1 is 0.783 bits per heavy atom. The molecule has 0 amide bonds. The molecule has 5 heteroatoms. The maximum atomic E-state index is 14.0. The normalized spacial score (nSPS) is 11.2. The molecule has 3 rings (SSSR count). The Bertz CT molecular complexity index is 807. The third-order valence-electron chi connectivity index (χ3n) is 3.62. The minimum absolute atomic E-state index is 0.0463. The van der Waals surface area contributed by atoms with Gasteiger partial charge in [0.2, 0.25) is 0 Å². The summed E-state index contributed by atoms with van der Waals surface area (Å²) in [6.07, 6.45) is 0. The molecule has 0 saturated carbocycles. The van der Waals surface area contributed by atoms with Crippen LogP contribution in [-0.2, 0) is 4.57 Å². The predicted molar refractivity (Wildman–Crippen MR) is 92.3 cm³/mol. The van der Waals surface area contributed by atoms with Crippen LogP contribution in [0.4, 0.5) is 0 Å². The van der Waals surface area contributed by atoms with Crippen molar-refractivity contribution in [1.29, 1.82) is 0 Å². The molecule has 3 aromatic rings. The van der Waals surface area contributed by atoms with Gasteiger partial charge in [-0.3, -0.25) is 0 Å². The van der Waals surface area contributed by atoms with E-state index in [2.05, 4.69) is 0 Å². The molecule has 0 fully saturated rings. The Hall–Kier alpha value is -2.55. The van der Waals surface area contributed by atoms with E-state index in [1.807, 2.05) is 60.7 Å². The highest BCUT2D eigenvalue weighted by molar-refractivity contribution is 7.85. The molecule has 116 valence electrons. The van der Waals surface area contributed by atoms with E-state index in [9.17, 15) is 9.67 Å². The topological polar surface area (TPSA) is 72.6 Å². The van der Waals surface area contributed by atoms with Crippen molar-refractivity contribution in [2.24, 2.45) is 5.90 Å². The van der Waals surface area contributed by atoms with E-state index in [1.165, 1.54) is 12.1 Å². The monoisotopic (exact) mass is 325 g/mol. The number of nitrogens with two attached hydrogens (primary N) is 1. The molecule has 0 unspecified atom stereocenters. The highest BCUT2D eigenvalue weighted by atomic mass is 31.2. The molecule has 0 radical (unpaired) electrons. The standard InChI is InChI=1S/C18H16NO3P/c19-22-15-11-14(20)12-18(13-15)23(21,16-7-3-1-4-8-16)17-9-5-2-6-10-17/h1-13,20H,19H2. The van der Waals surface area contributed by atoms with Crippen LogP contribution in [0.5, 0.6) is 11.5 Å². The van der Waals surface area contributed by atoms with Crippen LogP contribution in [0, 0.1) is 0 Å². The van der Waals surface area contributed by atoms with Crippen molar-refractivity contribution in [3.8, 4) is 11.5 Å². The molecule has 0 spiro atoms. The summed E-state index contributed by atoms with van der Waals surface area (Å²) < 4.78 is 14.0. The van der Waals surface area contributed by atoms with Gasteiger partial charge >= 0.3 is 0 Å². The fourth-order valence-electron chi connectivity index (χ4n) is 2.54. The first-order chi connectivity index (χ1) is 11.1. The van der Waals surface area contributed by atoms with Crippen LogP contribution in [0.15, 0.2) is 78.9 Å². The number of phenols is 1. The maximum Gasteiger partial charge on any atom is 0.171 e. The van der Waals surface area contributed by atoms with Gasteiger partial charge in [0.25, 0.3) is 0 Å². The van der Waals surface area contributed by atoms with Gasteiger partial charge in [-0.15, -0.1) is 0 Å². The smallest absolute Gasteiger partial charge is 0.171 e. The summed E-state index contributed by atoms with van der Waals surface area (Å²) in [5.74, 6) is 5.42. The number of phenolic OH excluding ortho intramolecular Hbond substituents is 1. The molecule has 4 nitrogen and oxygen atoms in total.